The molecule has 3 aromatic rings. The summed E-state index contributed by atoms with van der Waals surface area (Å²) in [5.41, 5.74) is 0.519. The summed E-state index contributed by atoms with van der Waals surface area (Å²) in [5.74, 6) is -0.870. The van der Waals surface area contributed by atoms with Crippen molar-refractivity contribution in [2.45, 2.75) is 50.0 Å². The summed E-state index contributed by atoms with van der Waals surface area (Å²) in [6.07, 6.45) is 5.02. The van der Waals surface area contributed by atoms with Crippen LogP contribution in [0.2, 0.25) is 0 Å². The normalized spacial score (nSPS) is 15.5. The monoisotopic (exact) mass is 461 g/mol. The van der Waals surface area contributed by atoms with E-state index in [9.17, 15) is 17.6 Å². The first-order valence-electron chi connectivity index (χ1n) is 10.4. The predicted molar refractivity (Wildman–Crippen MR) is 120 cm³/mol. The number of carbonyl (C=O) groups excluding carboxylic acids is 1. The molecule has 6 nitrogen and oxygen atoms in total. The van der Waals surface area contributed by atoms with E-state index in [1.54, 1.807) is 16.4 Å². The van der Waals surface area contributed by atoms with Crippen LogP contribution in [0, 0.1) is 5.82 Å². The number of aromatic nitrogens is 1. The zero-order valence-electron chi connectivity index (χ0n) is 17.2. The molecule has 0 bridgehead atoms. The molecule has 0 spiro atoms. The second kappa shape index (κ2) is 9.02. The van der Waals surface area contributed by atoms with E-state index in [0.29, 0.717) is 16.8 Å². The molecule has 1 aromatic heterocycles. The summed E-state index contributed by atoms with van der Waals surface area (Å²) in [6, 6.07) is 10.6. The summed E-state index contributed by atoms with van der Waals surface area (Å²) >= 11 is 1.18. The smallest absolute Gasteiger partial charge is 0.257 e. The number of hydrogen-bond acceptors (Lipinski definition) is 5. The Morgan fingerprint density at radius 2 is 1.87 bits per heavy atom. The first-order valence-corrected chi connectivity index (χ1v) is 12.6. The van der Waals surface area contributed by atoms with Gasteiger partial charge in [-0.3, -0.25) is 10.1 Å². The fourth-order valence-electron chi connectivity index (χ4n) is 4.04. The average molecular weight is 462 g/mol. The van der Waals surface area contributed by atoms with E-state index in [2.05, 4.69) is 10.3 Å². The number of nitrogens with zero attached hydrogens (tertiary/aromatic N) is 2. The number of halogens is 1. The highest BCUT2D eigenvalue weighted by molar-refractivity contribution is 7.89. The summed E-state index contributed by atoms with van der Waals surface area (Å²) < 4.78 is 42.3. The average Bonchev–Trinajstić information content (AvgIpc) is 3.19. The molecule has 164 valence electrons. The van der Waals surface area contributed by atoms with Gasteiger partial charge in [0.1, 0.15) is 11.3 Å². The van der Waals surface area contributed by atoms with Gasteiger partial charge in [-0.05, 0) is 49.2 Å². The van der Waals surface area contributed by atoms with Crippen LogP contribution in [-0.4, -0.2) is 36.2 Å². The van der Waals surface area contributed by atoms with Gasteiger partial charge in [-0.25, -0.2) is 17.8 Å². The van der Waals surface area contributed by atoms with Gasteiger partial charge in [-0.15, -0.1) is 0 Å². The molecule has 2 aromatic carbocycles. The van der Waals surface area contributed by atoms with Gasteiger partial charge in [0.25, 0.3) is 5.91 Å². The third-order valence-corrected chi connectivity index (χ3v) is 8.58. The Bertz CT molecular complexity index is 1190. The van der Waals surface area contributed by atoms with E-state index in [0.717, 1.165) is 32.1 Å². The minimum atomic E-state index is -3.62. The summed E-state index contributed by atoms with van der Waals surface area (Å²) in [4.78, 5) is 16.9. The summed E-state index contributed by atoms with van der Waals surface area (Å²) in [7, 11) is -3.62. The minimum absolute atomic E-state index is 0.0335. The standard InChI is InChI=1S/C22H24FN3O3S2/c1-2-26(16-7-4-3-5-8-16)31(28,29)17-13-11-15(12-14-17)21(27)25-22-24-20-18(23)9-6-10-19(20)30-22/h6,9-14,16H,2-5,7-8H2,1H3,(H,24,25,27). The number of carbonyl (C=O) groups is 1. The minimum Gasteiger partial charge on any atom is -0.298 e. The number of para-hydroxylation sites is 1. The van der Waals surface area contributed by atoms with Crippen LogP contribution >= 0.6 is 11.3 Å². The lowest BCUT2D eigenvalue weighted by Gasteiger charge is -2.32. The van der Waals surface area contributed by atoms with Crippen molar-refractivity contribution in [2.75, 3.05) is 11.9 Å². The van der Waals surface area contributed by atoms with E-state index in [4.69, 9.17) is 0 Å². The lowest BCUT2D eigenvalue weighted by molar-refractivity contribution is 0.102. The second-order valence-electron chi connectivity index (χ2n) is 7.58. The van der Waals surface area contributed by atoms with Gasteiger partial charge in [-0.1, -0.05) is 43.6 Å². The Morgan fingerprint density at radius 3 is 2.52 bits per heavy atom. The predicted octanol–water partition coefficient (Wildman–Crippen LogP) is 5.03. The maximum atomic E-state index is 13.8. The number of benzene rings is 2. The molecule has 0 radical (unpaired) electrons. The molecule has 1 N–H and O–H groups in total. The quantitative estimate of drug-likeness (QED) is 0.558. The number of sulfonamides is 1. The number of anilines is 1. The number of fused-ring (bicyclic) bond motifs is 1. The topological polar surface area (TPSA) is 79.4 Å². The van der Waals surface area contributed by atoms with E-state index in [1.807, 2.05) is 6.92 Å². The van der Waals surface area contributed by atoms with Crippen molar-refractivity contribution in [3.63, 3.8) is 0 Å². The maximum Gasteiger partial charge on any atom is 0.257 e. The first-order chi connectivity index (χ1) is 14.9. The highest BCUT2D eigenvalue weighted by Crippen LogP contribution is 2.29. The SMILES string of the molecule is CCN(C1CCCCC1)S(=O)(=O)c1ccc(C(=O)Nc2nc3c(F)cccc3s2)cc1. The molecular formula is C22H24FN3O3S2. The molecule has 1 fully saturated rings. The third-order valence-electron chi connectivity index (χ3n) is 5.61. The molecule has 9 heteroatoms. The van der Waals surface area contributed by atoms with Gasteiger partial charge >= 0.3 is 0 Å². The highest BCUT2D eigenvalue weighted by Gasteiger charge is 2.31. The summed E-state index contributed by atoms with van der Waals surface area (Å²) in [6.45, 7) is 2.28. The van der Waals surface area contributed by atoms with Crippen LogP contribution in [0.3, 0.4) is 0 Å². The second-order valence-corrected chi connectivity index (χ2v) is 10.5. The van der Waals surface area contributed by atoms with Gasteiger partial charge in [0.15, 0.2) is 5.13 Å². The first kappa shape index (κ1) is 21.9. The molecule has 1 heterocycles. The summed E-state index contributed by atoms with van der Waals surface area (Å²) in [5, 5.41) is 2.95. The van der Waals surface area contributed by atoms with Gasteiger partial charge < -0.3 is 0 Å². The van der Waals surface area contributed by atoms with Gasteiger partial charge in [-0.2, -0.15) is 4.31 Å². The Hall–Kier alpha value is -2.36. The van der Waals surface area contributed by atoms with Crippen LogP contribution in [0.25, 0.3) is 10.2 Å². The lowest BCUT2D eigenvalue weighted by atomic mass is 9.95. The van der Waals surface area contributed by atoms with Crippen LogP contribution in [0.4, 0.5) is 9.52 Å². The van der Waals surface area contributed by atoms with Crippen LogP contribution in [0.15, 0.2) is 47.4 Å². The Labute approximate surface area is 185 Å². The zero-order valence-corrected chi connectivity index (χ0v) is 18.8. The van der Waals surface area contributed by atoms with Gasteiger partial charge in [0.2, 0.25) is 10.0 Å². The number of amides is 1. The number of thiazole rings is 1. The van der Waals surface area contributed by atoms with Crippen LogP contribution in [-0.2, 0) is 10.0 Å². The molecule has 0 unspecified atom stereocenters. The molecule has 1 aliphatic carbocycles. The highest BCUT2D eigenvalue weighted by atomic mass is 32.2. The molecule has 0 atom stereocenters. The van der Waals surface area contributed by atoms with Crippen LogP contribution in [0.5, 0.6) is 0 Å². The van der Waals surface area contributed by atoms with Crippen molar-refractivity contribution in [2.24, 2.45) is 0 Å². The largest absolute Gasteiger partial charge is 0.298 e. The van der Waals surface area contributed by atoms with Gasteiger partial charge in [0.05, 0.1) is 9.60 Å². The number of rotatable bonds is 6. The fourth-order valence-corrected chi connectivity index (χ4v) is 6.61. The molecular weight excluding hydrogens is 437 g/mol. The number of nitrogens with one attached hydrogen (secondary N) is 1. The number of hydrogen-bond donors (Lipinski definition) is 1. The van der Waals surface area contributed by atoms with E-state index < -0.39 is 21.7 Å². The van der Waals surface area contributed by atoms with Crippen molar-refractivity contribution in [1.82, 2.24) is 9.29 Å². The van der Waals surface area contributed by atoms with Crippen LogP contribution in [0.1, 0.15) is 49.4 Å². The van der Waals surface area contributed by atoms with Crippen molar-refractivity contribution in [1.29, 1.82) is 0 Å². The van der Waals surface area contributed by atoms with Crippen LogP contribution < -0.4 is 5.32 Å². The van der Waals surface area contributed by atoms with E-state index in [-0.39, 0.29) is 21.6 Å². The molecule has 4 rings (SSSR count). The molecule has 1 saturated carbocycles. The van der Waals surface area contributed by atoms with Crippen molar-refractivity contribution < 1.29 is 17.6 Å². The van der Waals surface area contributed by atoms with Crippen molar-refractivity contribution >= 4 is 42.6 Å². The molecule has 0 saturated heterocycles. The Kier molecular flexibility index (Phi) is 6.36. The van der Waals surface area contributed by atoms with Gasteiger partial charge in [0, 0.05) is 18.2 Å². The van der Waals surface area contributed by atoms with Crippen molar-refractivity contribution in [3.8, 4) is 0 Å². The third kappa shape index (κ3) is 4.49. The lowest BCUT2D eigenvalue weighted by Crippen LogP contribution is -2.41. The van der Waals surface area contributed by atoms with Crippen molar-refractivity contribution in [3.05, 3.63) is 53.8 Å². The zero-order chi connectivity index (χ0) is 22.0. The molecule has 31 heavy (non-hydrogen) atoms. The molecule has 1 amide bonds. The molecule has 1 aliphatic rings. The Morgan fingerprint density at radius 1 is 1.16 bits per heavy atom. The van der Waals surface area contributed by atoms with E-state index in [1.165, 1.54) is 41.7 Å². The maximum absolute atomic E-state index is 13.8. The molecule has 0 aliphatic heterocycles. The van der Waals surface area contributed by atoms with E-state index >= 15 is 0 Å². The Balaban J connectivity index is 1.51. The fraction of sp³-hybridized carbons (Fsp3) is 0.364.